The lowest BCUT2D eigenvalue weighted by molar-refractivity contribution is 0.0519. The highest BCUT2D eigenvalue weighted by Gasteiger charge is 2.20. The number of aromatic nitrogens is 3. The van der Waals surface area contributed by atoms with Gasteiger partial charge < -0.3 is 4.74 Å². The summed E-state index contributed by atoms with van der Waals surface area (Å²) in [5.74, 6) is -0.675. The Bertz CT molecular complexity index is 735. The molecule has 0 amide bonds. The zero-order valence-corrected chi connectivity index (χ0v) is 13.0. The lowest BCUT2D eigenvalue weighted by Gasteiger charge is -2.01. The summed E-state index contributed by atoms with van der Waals surface area (Å²) in [7, 11) is -3.79. The van der Waals surface area contributed by atoms with E-state index in [1.807, 2.05) is 12.3 Å². The second-order valence-corrected chi connectivity index (χ2v) is 6.72. The molecule has 2 heterocycles. The van der Waals surface area contributed by atoms with Gasteiger partial charge in [0.2, 0.25) is 0 Å². The zero-order chi connectivity index (χ0) is 15.5. The molecule has 0 radical (unpaired) electrons. The lowest BCUT2D eigenvalue weighted by atomic mass is 10.4. The van der Waals surface area contributed by atoms with Gasteiger partial charge in [-0.3, -0.25) is 5.10 Å². The van der Waals surface area contributed by atoms with Crippen LogP contribution >= 0.6 is 11.3 Å². The van der Waals surface area contributed by atoms with E-state index in [1.54, 1.807) is 6.92 Å². The van der Waals surface area contributed by atoms with E-state index in [0.717, 1.165) is 11.8 Å². The van der Waals surface area contributed by atoms with Crippen molar-refractivity contribution in [2.75, 3.05) is 6.61 Å². The van der Waals surface area contributed by atoms with E-state index in [4.69, 9.17) is 4.74 Å². The van der Waals surface area contributed by atoms with Crippen molar-refractivity contribution in [3.05, 3.63) is 27.8 Å². The van der Waals surface area contributed by atoms with Gasteiger partial charge in [-0.25, -0.2) is 22.9 Å². The first-order valence-electron chi connectivity index (χ1n) is 6.05. The van der Waals surface area contributed by atoms with E-state index >= 15 is 0 Å². The Kier molecular flexibility index (Phi) is 4.70. The van der Waals surface area contributed by atoms with Crippen molar-refractivity contribution in [2.45, 2.75) is 25.4 Å². The molecule has 21 heavy (non-hydrogen) atoms. The van der Waals surface area contributed by atoms with Crippen molar-refractivity contribution in [1.82, 2.24) is 19.9 Å². The summed E-state index contributed by atoms with van der Waals surface area (Å²) in [6.07, 6.45) is 0. The molecule has 114 valence electrons. The molecule has 0 aliphatic heterocycles. The van der Waals surface area contributed by atoms with Crippen LogP contribution in [0.4, 0.5) is 0 Å². The third kappa shape index (κ3) is 3.86. The Morgan fingerprint density at radius 1 is 1.52 bits per heavy atom. The molecule has 10 heteroatoms. The fourth-order valence-electron chi connectivity index (χ4n) is 1.47. The van der Waals surface area contributed by atoms with Gasteiger partial charge in [0.15, 0.2) is 10.7 Å². The Labute approximate surface area is 125 Å². The Morgan fingerprint density at radius 3 is 2.90 bits per heavy atom. The fraction of sp³-hybridized carbons (Fsp3) is 0.364. The molecule has 0 saturated heterocycles. The molecule has 2 rings (SSSR count). The number of carbonyl (C=O) groups is 1. The van der Waals surface area contributed by atoms with Gasteiger partial charge >= 0.3 is 5.97 Å². The molecule has 0 aromatic carbocycles. The number of aryl methyl sites for hydroxylation is 1. The number of nitrogens with zero attached hydrogens (tertiary/aromatic N) is 2. The third-order valence-electron chi connectivity index (χ3n) is 2.41. The SMILES string of the molecule is CCOC(=O)c1cc(S(=O)(=O)NCc2nc(C)cs2)[nH]n1. The van der Waals surface area contributed by atoms with E-state index in [2.05, 4.69) is 19.9 Å². The molecule has 0 unspecified atom stereocenters. The number of sulfonamides is 1. The predicted molar refractivity (Wildman–Crippen MR) is 75.4 cm³/mol. The van der Waals surface area contributed by atoms with Crippen LogP contribution < -0.4 is 4.72 Å². The van der Waals surface area contributed by atoms with Gasteiger partial charge in [-0.15, -0.1) is 11.3 Å². The normalized spacial score (nSPS) is 11.5. The molecule has 0 saturated carbocycles. The maximum atomic E-state index is 12.0. The number of hydrogen-bond acceptors (Lipinski definition) is 7. The minimum Gasteiger partial charge on any atom is -0.461 e. The van der Waals surface area contributed by atoms with Crippen LogP contribution in [0.2, 0.25) is 0 Å². The van der Waals surface area contributed by atoms with Gasteiger partial charge in [-0.1, -0.05) is 0 Å². The minimum atomic E-state index is -3.79. The van der Waals surface area contributed by atoms with Gasteiger partial charge in [0.25, 0.3) is 10.0 Å². The number of esters is 1. The quantitative estimate of drug-likeness (QED) is 0.758. The van der Waals surface area contributed by atoms with Gasteiger partial charge in [0, 0.05) is 17.1 Å². The first-order chi connectivity index (χ1) is 9.92. The van der Waals surface area contributed by atoms with Crippen molar-refractivity contribution in [3.8, 4) is 0 Å². The number of thiazole rings is 1. The average molecular weight is 330 g/mol. The second kappa shape index (κ2) is 6.33. The van der Waals surface area contributed by atoms with Gasteiger partial charge in [0.1, 0.15) is 5.01 Å². The smallest absolute Gasteiger partial charge is 0.358 e. The number of aromatic amines is 1. The first-order valence-corrected chi connectivity index (χ1v) is 8.42. The van der Waals surface area contributed by atoms with Crippen LogP contribution in [0.5, 0.6) is 0 Å². The molecule has 2 aromatic rings. The van der Waals surface area contributed by atoms with Gasteiger partial charge in [0.05, 0.1) is 13.2 Å². The fourth-order valence-corrected chi connectivity index (χ4v) is 3.19. The lowest BCUT2D eigenvalue weighted by Crippen LogP contribution is -2.23. The number of rotatable bonds is 6. The van der Waals surface area contributed by atoms with Crippen molar-refractivity contribution >= 4 is 27.3 Å². The Morgan fingerprint density at radius 2 is 2.29 bits per heavy atom. The molecular formula is C11H14N4O4S2. The summed E-state index contributed by atoms with van der Waals surface area (Å²) in [5, 5.41) is 8.23. The van der Waals surface area contributed by atoms with Gasteiger partial charge in [-0.2, -0.15) is 5.10 Å². The second-order valence-electron chi connectivity index (χ2n) is 4.05. The standard InChI is InChI=1S/C11H14N4O4S2/c1-3-19-11(16)8-4-10(15-14-8)21(17,18)12-5-9-13-7(2)6-20-9/h4,6,12H,3,5H2,1-2H3,(H,14,15). The average Bonchev–Trinajstić information content (AvgIpc) is 3.06. The summed E-state index contributed by atoms with van der Waals surface area (Å²) in [6, 6.07) is 1.13. The van der Waals surface area contributed by atoms with E-state index in [0.29, 0.717) is 5.01 Å². The van der Waals surface area contributed by atoms with Crippen molar-refractivity contribution in [1.29, 1.82) is 0 Å². The molecule has 0 bridgehead atoms. The van der Waals surface area contributed by atoms with Crippen LogP contribution in [0, 0.1) is 6.92 Å². The molecule has 0 aliphatic rings. The predicted octanol–water partition coefficient (Wildman–Crippen LogP) is 0.830. The number of carbonyl (C=O) groups excluding carboxylic acids is 1. The summed E-state index contributed by atoms with van der Waals surface area (Å²) < 4.78 is 31.2. The number of ether oxygens (including phenoxy) is 1. The molecule has 0 aliphatic carbocycles. The summed E-state index contributed by atoms with van der Waals surface area (Å²) >= 11 is 1.36. The number of hydrogen-bond donors (Lipinski definition) is 2. The highest BCUT2D eigenvalue weighted by atomic mass is 32.2. The minimum absolute atomic E-state index is 0.0780. The molecular weight excluding hydrogens is 316 g/mol. The molecule has 0 fully saturated rings. The van der Waals surface area contributed by atoms with Crippen molar-refractivity contribution < 1.29 is 17.9 Å². The third-order valence-corrected chi connectivity index (χ3v) is 4.69. The van der Waals surface area contributed by atoms with Crippen LogP contribution in [0.15, 0.2) is 16.5 Å². The van der Waals surface area contributed by atoms with Crippen LogP contribution in [-0.4, -0.2) is 36.2 Å². The van der Waals surface area contributed by atoms with Crippen LogP contribution in [0.1, 0.15) is 28.1 Å². The Hall–Kier alpha value is -1.78. The first kappa shape index (κ1) is 15.6. The van der Waals surface area contributed by atoms with E-state index < -0.39 is 16.0 Å². The Balaban J connectivity index is 2.07. The maximum Gasteiger partial charge on any atom is 0.358 e. The van der Waals surface area contributed by atoms with E-state index in [9.17, 15) is 13.2 Å². The molecule has 0 spiro atoms. The van der Waals surface area contributed by atoms with Gasteiger partial charge in [-0.05, 0) is 13.8 Å². The van der Waals surface area contributed by atoms with Crippen LogP contribution in [0.3, 0.4) is 0 Å². The molecule has 2 N–H and O–H groups in total. The molecule has 0 atom stereocenters. The van der Waals surface area contributed by atoms with E-state index in [1.165, 1.54) is 11.3 Å². The zero-order valence-electron chi connectivity index (χ0n) is 11.4. The van der Waals surface area contributed by atoms with Crippen molar-refractivity contribution in [2.24, 2.45) is 0 Å². The summed E-state index contributed by atoms with van der Waals surface area (Å²) in [5.41, 5.74) is 0.752. The largest absolute Gasteiger partial charge is 0.461 e. The van der Waals surface area contributed by atoms with Crippen molar-refractivity contribution in [3.63, 3.8) is 0 Å². The number of H-pyrrole nitrogens is 1. The summed E-state index contributed by atoms with van der Waals surface area (Å²) in [6.45, 7) is 3.75. The van der Waals surface area contributed by atoms with E-state index in [-0.39, 0.29) is 23.9 Å². The number of nitrogens with one attached hydrogen (secondary N) is 2. The van der Waals surface area contributed by atoms with Crippen LogP contribution in [-0.2, 0) is 21.3 Å². The summed E-state index contributed by atoms with van der Waals surface area (Å²) in [4.78, 5) is 15.6. The highest BCUT2D eigenvalue weighted by molar-refractivity contribution is 7.89. The highest BCUT2D eigenvalue weighted by Crippen LogP contribution is 2.11. The topological polar surface area (TPSA) is 114 Å². The molecule has 8 nitrogen and oxygen atoms in total. The van der Waals surface area contributed by atoms with Crippen LogP contribution in [0.25, 0.3) is 0 Å². The maximum absolute atomic E-state index is 12.0. The molecule has 2 aromatic heterocycles. The monoisotopic (exact) mass is 330 g/mol.